The predicted molar refractivity (Wildman–Crippen MR) is 42.7 cm³/mol. The van der Waals surface area contributed by atoms with Gasteiger partial charge in [0, 0.05) is 0 Å². The fraction of sp³-hybridized carbons (Fsp3) is 0.833. The topological polar surface area (TPSA) is 55.8 Å². The molecule has 0 radical (unpaired) electrons. The largest absolute Gasteiger partial charge is 0.394 e. The Bertz CT molecular complexity index is 107. The zero-order chi connectivity index (χ0) is 8.53. The van der Waals surface area contributed by atoms with Crippen molar-refractivity contribution in [2.24, 2.45) is 0 Å². The van der Waals surface area contributed by atoms with Crippen molar-refractivity contribution in [2.75, 3.05) is 33.0 Å². The average Bonchev–Trinajstić information content (AvgIpc) is 1.96. The predicted octanol–water partition coefficient (Wildman–Crippen LogP) is -0.532. The van der Waals surface area contributed by atoms with Crippen molar-refractivity contribution in [3.8, 4) is 0 Å². The van der Waals surface area contributed by atoms with Crippen molar-refractivity contribution in [1.82, 2.24) is 0 Å². The van der Waals surface area contributed by atoms with Crippen LogP contribution >= 0.6 is 12.6 Å². The molecule has 0 heterocycles. The van der Waals surface area contributed by atoms with Crippen molar-refractivity contribution in [3.05, 3.63) is 0 Å². The molecule has 0 aromatic rings. The molecule has 4 nitrogen and oxygen atoms in total. The Morgan fingerprint density at radius 2 is 1.91 bits per heavy atom. The van der Waals surface area contributed by atoms with Gasteiger partial charge in [0.15, 0.2) is 0 Å². The molecule has 0 aromatic heterocycles. The van der Waals surface area contributed by atoms with E-state index in [0.717, 1.165) is 0 Å². The summed E-state index contributed by atoms with van der Waals surface area (Å²) in [4.78, 5) is 10.2. The number of carbonyl (C=O) groups excluding carboxylic acids is 1. The first-order chi connectivity index (χ1) is 5.27. The van der Waals surface area contributed by atoms with E-state index in [1.54, 1.807) is 0 Å². The number of hydrogen-bond donors (Lipinski definition) is 2. The van der Waals surface area contributed by atoms with Crippen LogP contribution in [0.2, 0.25) is 0 Å². The second kappa shape index (κ2) is 8.00. The molecule has 0 amide bonds. The second-order valence-electron chi connectivity index (χ2n) is 1.78. The first-order valence-electron chi connectivity index (χ1n) is 3.25. The van der Waals surface area contributed by atoms with Crippen LogP contribution in [-0.4, -0.2) is 43.3 Å². The highest BCUT2D eigenvalue weighted by molar-refractivity contribution is 7.96. The fourth-order valence-corrected chi connectivity index (χ4v) is 0.535. The minimum absolute atomic E-state index is 0.00545. The monoisotopic (exact) mass is 180 g/mol. The molecule has 0 spiro atoms. The highest BCUT2D eigenvalue weighted by atomic mass is 32.1. The smallest absolute Gasteiger partial charge is 0.211 e. The molecule has 0 saturated carbocycles. The molecule has 0 fully saturated rings. The molecule has 1 N–H and O–H groups in total. The molecule has 0 rings (SSSR count). The number of aliphatic hydroxyl groups excluding tert-OH is 1. The van der Waals surface area contributed by atoms with Gasteiger partial charge in [-0.1, -0.05) is 0 Å². The Balaban J connectivity index is 2.85. The lowest BCUT2D eigenvalue weighted by Gasteiger charge is -2.01. The van der Waals surface area contributed by atoms with E-state index in [0.29, 0.717) is 19.8 Å². The maximum Gasteiger partial charge on any atom is 0.211 e. The minimum atomic E-state index is -0.299. The summed E-state index contributed by atoms with van der Waals surface area (Å²) in [6.07, 6.45) is 0. The van der Waals surface area contributed by atoms with Gasteiger partial charge in [-0.05, 0) is 0 Å². The number of aliphatic hydroxyl groups is 1. The first kappa shape index (κ1) is 10.9. The molecule has 66 valence electrons. The molecule has 0 aromatic carbocycles. The quantitative estimate of drug-likeness (QED) is 0.408. The number of rotatable bonds is 7. The van der Waals surface area contributed by atoms with E-state index in [2.05, 4.69) is 12.6 Å². The zero-order valence-electron chi connectivity index (χ0n) is 6.15. The third kappa shape index (κ3) is 9.90. The van der Waals surface area contributed by atoms with Gasteiger partial charge in [0.1, 0.15) is 6.61 Å². The van der Waals surface area contributed by atoms with E-state index >= 15 is 0 Å². The maximum atomic E-state index is 10.2. The van der Waals surface area contributed by atoms with Crippen molar-refractivity contribution in [1.29, 1.82) is 0 Å². The lowest BCUT2D eigenvalue weighted by molar-refractivity contribution is -0.115. The number of hydrogen-bond acceptors (Lipinski definition) is 4. The van der Waals surface area contributed by atoms with Crippen molar-refractivity contribution in [2.45, 2.75) is 0 Å². The van der Waals surface area contributed by atoms with Gasteiger partial charge in [0.2, 0.25) is 5.12 Å². The molecule has 0 bridgehead atoms. The first-order valence-corrected chi connectivity index (χ1v) is 3.70. The molecular formula is C6H12O4S. The summed E-state index contributed by atoms with van der Waals surface area (Å²) in [5, 5.41) is 7.98. The summed E-state index contributed by atoms with van der Waals surface area (Å²) in [6.45, 7) is 1.06. The molecule has 0 aliphatic carbocycles. The molecular weight excluding hydrogens is 168 g/mol. The van der Waals surface area contributed by atoms with Crippen LogP contribution in [0, 0.1) is 0 Å². The highest BCUT2D eigenvalue weighted by Crippen LogP contribution is 1.82. The minimum Gasteiger partial charge on any atom is -0.394 e. The lowest BCUT2D eigenvalue weighted by Crippen LogP contribution is -2.10. The van der Waals surface area contributed by atoms with Gasteiger partial charge in [-0.3, -0.25) is 4.79 Å². The van der Waals surface area contributed by atoms with E-state index in [4.69, 9.17) is 14.6 Å². The lowest BCUT2D eigenvalue weighted by atomic mass is 10.7. The molecule has 0 unspecified atom stereocenters. The molecule has 5 heteroatoms. The molecule has 0 saturated heterocycles. The van der Waals surface area contributed by atoms with Crippen LogP contribution < -0.4 is 0 Å². The average molecular weight is 180 g/mol. The summed E-state index contributed by atoms with van der Waals surface area (Å²) >= 11 is 3.50. The van der Waals surface area contributed by atoms with Gasteiger partial charge >= 0.3 is 0 Å². The van der Waals surface area contributed by atoms with Crippen LogP contribution in [0.4, 0.5) is 0 Å². The van der Waals surface area contributed by atoms with Crippen LogP contribution in [0.3, 0.4) is 0 Å². The van der Waals surface area contributed by atoms with Crippen LogP contribution in [0.15, 0.2) is 0 Å². The van der Waals surface area contributed by atoms with Gasteiger partial charge in [-0.25, -0.2) is 0 Å². The maximum absolute atomic E-state index is 10.2. The van der Waals surface area contributed by atoms with E-state index in [9.17, 15) is 4.79 Å². The van der Waals surface area contributed by atoms with Crippen LogP contribution in [0.1, 0.15) is 0 Å². The SMILES string of the molecule is O=C(S)COCCOCCO. The van der Waals surface area contributed by atoms with Gasteiger partial charge in [-0.15, -0.1) is 12.6 Å². The summed E-state index contributed by atoms with van der Waals surface area (Å²) in [5.41, 5.74) is 0. The van der Waals surface area contributed by atoms with Crippen LogP contribution in [0.25, 0.3) is 0 Å². The summed E-state index contributed by atoms with van der Waals surface area (Å²) in [6, 6.07) is 0. The fourth-order valence-electron chi connectivity index (χ4n) is 0.444. The summed E-state index contributed by atoms with van der Waals surface area (Å²) in [7, 11) is 0. The Labute approximate surface area is 70.9 Å². The number of thiol groups is 1. The van der Waals surface area contributed by atoms with Crippen molar-refractivity contribution < 1.29 is 19.4 Å². The summed E-state index contributed by atoms with van der Waals surface area (Å²) in [5.74, 6) is 0. The van der Waals surface area contributed by atoms with Crippen LogP contribution in [-0.2, 0) is 14.3 Å². The number of carbonyl (C=O) groups is 1. The van der Waals surface area contributed by atoms with Gasteiger partial charge in [0.25, 0.3) is 0 Å². The highest BCUT2D eigenvalue weighted by Gasteiger charge is 1.93. The second-order valence-corrected chi connectivity index (χ2v) is 2.28. The van der Waals surface area contributed by atoms with Crippen LogP contribution in [0.5, 0.6) is 0 Å². The van der Waals surface area contributed by atoms with E-state index in [-0.39, 0.29) is 18.3 Å². The third-order valence-corrected chi connectivity index (χ3v) is 0.962. The van der Waals surface area contributed by atoms with Gasteiger partial charge in [-0.2, -0.15) is 0 Å². The molecule has 11 heavy (non-hydrogen) atoms. The van der Waals surface area contributed by atoms with Gasteiger partial charge < -0.3 is 14.6 Å². The standard InChI is InChI=1S/C6H12O4S/c7-1-2-9-3-4-10-5-6(8)11/h7H,1-5H2,(H,8,11). The molecule has 0 aliphatic heterocycles. The molecule has 0 atom stereocenters. The van der Waals surface area contributed by atoms with Gasteiger partial charge in [0.05, 0.1) is 26.4 Å². The van der Waals surface area contributed by atoms with Crippen molar-refractivity contribution >= 4 is 17.7 Å². The molecule has 0 aliphatic rings. The number of ether oxygens (including phenoxy) is 2. The zero-order valence-corrected chi connectivity index (χ0v) is 7.05. The Morgan fingerprint density at radius 1 is 1.27 bits per heavy atom. The Morgan fingerprint density at radius 3 is 2.45 bits per heavy atom. The third-order valence-electron chi connectivity index (χ3n) is 0.833. The Kier molecular flexibility index (Phi) is 7.93. The normalized spacial score (nSPS) is 10.0. The van der Waals surface area contributed by atoms with Crippen molar-refractivity contribution in [3.63, 3.8) is 0 Å². The van der Waals surface area contributed by atoms with E-state index < -0.39 is 0 Å². The Hall–Kier alpha value is -0.100. The summed E-state index contributed by atoms with van der Waals surface area (Å²) < 4.78 is 9.66. The van der Waals surface area contributed by atoms with E-state index in [1.807, 2.05) is 0 Å². The van der Waals surface area contributed by atoms with E-state index in [1.165, 1.54) is 0 Å².